The van der Waals surface area contributed by atoms with Gasteiger partial charge in [-0.05, 0) is 45.9 Å². The van der Waals surface area contributed by atoms with E-state index in [2.05, 4.69) is 15.3 Å². The third-order valence-electron chi connectivity index (χ3n) is 4.56. The van der Waals surface area contributed by atoms with Crippen molar-refractivity contribution in [2.24, 2.45) is 0 Å². The molecule has 2 aromatic rings. The Morgan fingerprint density at radius 2 is 1.84 bits per heavy atom. The number of aromatic nitrogens is 2. The van der Waals surface area contributed by atoms with E-state index in [4.69, 9.17) is 9.31 Å². The fourth-order valence-corrected chi connectivity index (χ4v) is 2.38. The van der Waals surface area contributed by atoms with Crippen LogP contribution in [0.1, 0.15) is 38.2 Å². The van der Waals surface area contributed by atoms with E-state index in [0.717, 1.165) is 0 Å². The van der Waals surface area contributed by atoms with Crippen molar-refractivity contribution in [1.82, 2.24) is 9.97 Å². The number of rotatable bonds is 3. The second-order valence-electron chi connectivity index (χ2n) is 6.87. The topological polar surface area (TPSA) is 73.3 Å². The molecule has 1 aliphatic rings. The maximum atomic E-state index is 14.3. The van der Waals surface area contributed by atoms with Gasteiger partial charge in [0.05, 0.1) is 17.4 Å². The van der Waals surface area contributed by atoms with E-state index in [0.29, 0.717) is 5.69 Å². The lowest BCUT2D eigenvalue weighted by atomic mass is 9.78. The number of benzene rings is 1. The van der Waals surface area contributed by atoms with Crippen LogP contribution in [0.3, 0.4) is 0 Å². The summed E-state index contributed by atoms with van der Waals surface area (Å²) in [7, 11) is -0.849. The van der Waals surface area contributed by atoms with Gasteiger partial charge in [-0.1, -0.05) is 0 Å². The summed E-state index contributed by atoms with van der Waals surface area (Å²) in [6.07, 6.45) is 4.26. The summed E-state index contributed by atoms with van der Waals surface area (Å²) in [5.41, 5.74) is -0.340. The van der Waals surface area contributed by atoms with Gasteiger partial charge in [0.25, 0.3) is 5.91 Å². The molecule has 1 N–H and O–H groups in total. The molecule has 2 heterocycles. The Hall–Kier alpha value is -2.32. The highest BCUT2D eigenvalue weighted by Crippen LogP contribution is 2.36. The zero-order valence-corrected chi connectivity index (χ0v) is 14.5. The first kappa shape index (κ1) is 17.5. The summed E-state index contributed by atoms with van der Waals surface area (Å²) >= 11 is 0. The minimum atomic E-state index is -0.849. The second-order valence-corrected chi connectivity index (χ2v) is 6.87. The molecule has 25 heavy (non-hydrogen) atoms. The third kappa shape index (κ3) is 3.40. The smallest absolute Gasteiger partial charge is 0.399 e. The molecule has 0 bridgehead atoms. The lowest BCUT2D eigenvalue weighted by Crippen LogP contribution is -2.41. The van der Waals surface area contributed by atoms with E-state index in [-0.39, 0.29) is 11.2 Å². The van der Waals surface area contributed by atoms with Gasteiger partial charge in [0.15, 0.2) is 0 Å². The Balaban J connectivity index is 1.83. The molecule has 1 aromatic heterocycles. The molecule has 0 saturated carbocycles. The van der Waals surface area contributed by atoms with Crippen LogP contribution >= 0.6 is 0 Å². The van der Waals surface area contributed by atoms with Gasteiger partial charge in [-0.25, -0.2) is 9.37 Å². The number of carbonyl (C=O) groups is 1. The van der Waals surface area contributed by atoms with Gasteiger partial charge >= 0.3 is 7.12 Å². The van der Waals surface area contributed by atoms with Gasteiger partial charge < -0.3 is 14.6 Å². The Morgan fingerprint density at radius 1 is 1.16 bits per heavy atom. The van der Waals surface area contributed by atoms with Crippen LogP contribution in [0.4, 0.5) is 10.1 Å². The molecule has 8 heteroatoms. The van der Waals surface area contributed by atoms with Crippen LogP contribution in [-0.2, 0) is 9.31 Å². The molecule has 130 valence electrons. The molecular formula is C17H19BFN3O3. The first-order chi connectivity index (χ1) is 11.7. The van der Waals surface area contributed by atoms with E-state index in [9.17, 15) is 9.18 Å². The molecule has 0 atom stereocenters. The Bertz CT molecular complexity index is 783. The zero-order valence-electron chi connectivity index (χ0n) is 14.5. The van der Waals surface area contributed by atoms with Gasteiger partial charge in [0.2, 0.25) is 0 Å². The summed E-state index contributed by atoms with van der Waals surface area (Å²) in [5, 5.41) is 2.67. The Labute approximate surface area is 145 Å². The van der Waals surface area contributed by atoms with Crippen LogP contribution in [0.5, 0.6) is 0 Å². The van der Waals surface area contributed by atoms with Crippen LogP contribution in [0.2, 0.25) is 0 Å². The van der Waals surface area contributed by atoms with E-state index < -0.39 is 30.0 Å². The molecule has 0 radical (unpaired) electrons. The first-order valence-corrected chi connectivity index (χ1v) is 7.92. The quantitative estimate of drug-likeness (QED) is 0.865. The normalized spacial score (nSPS) is 18.2. The average Bonchev–Trinajstić information content (AvgIpc) is 2.78. The number of anilines is 1. The van der Waals surface area contributed by atoms with Crippen molar-refractivity contribution in [3.63, 3.8) is 0 Å². The van der Waals surface area contributed by atoms with E-state index >= 15 is 0 Å². The number of carbonyl (C=O) groups excluding carboxylic acids is 1. The highest BCUT2D eigenvalue weighted by molar-refractivity contribution is 6.62. The van der Waals surface area contributed by atoms with Crippen LogP contribution in [0.15, 0.2) is 36.8 Å². The second kappa shape index (κ2) is 6.20. The molecule has 1 amide bonds. The SMILES string of the molecule is CC1(C)OB(c2cc(NC(=O)c3cnccn3)ccc2F)OC1(C)C. The van der Waals surface area contributed by atoms with Crippen molar-refractivity contribution in [2.45, 2.75) is 38.9 Å². The maximum Gasteiger partial charge on any atom is 0.497 e. The predicted molar refractivity (Wildman–Crippen MR) is 92.1 cm³/mol. The number of halogens is 1. The van der Waals surface area contributed by atoms with Gasteiger partial charge in [0.1, 0.15) is 11.5 Å². The highest BCUT2D eigenvalue weighted by atomic mass is 19.1. The van der Waals surface area contributed by atoms with Crippen molar-refractivity contribution in [2.75, 3.05) is 5.32 Å². The van der Waals surface area contributed by atoms with Gasteiger partial charge in [-0.15, -0.1) is 0 Å². The minimum Gasteiger partial charge on any atom is -0.399 e. The number of amides is 1. The van der Waals surface area contributed by atoms with Gasteiger partial charge in [-0.3, -0.25) is 9.78 Å². The molecule has 1 saturated heterocycles. The van der Waals surface area contributed by atoms with E-state index in [1.807, 2.05) is 27.7 Å². The molecule has 0 unspecified atom stereocenters. The molecule has 0 spiro atoms. The fraction of sp³-hybridized carbons (Fsp3) is 0.353. The van der Waals surface area contributed by atoms with Crippen molar-refractivity contribution >= 4 is 24.2 Å². The van der Waals surface area contributed by atoms with Crippen LogP contribution in [0, 0.1) is 5.82 Å². The van der Waals surface area contributed by atoms with Crippen LogP contribution < -0.4 is 10.8 Å². The molecule has 1 aromatic carbocycles. The number of hydrogen-bond acceptors (Lipinski definition) is 5. The molecule has 6 nitrogen and oxygen atoms in total. The molecular weight excluding hydrogens is 324 g/mol. The molecule has 0 aliphatic carbocycles. The summed E-state index contributed by atoms with van der Waals surface area (Å²) in [5.74, 6) is -0.893. The fourth-order valence-electron chi connectivity index (χ4n) is 2.38. The summed E-state index contributed by atoms with van der Waals surface area (Å²) in [4.78, 5) is 20.0. The molecule has 1 aliphatic heterocycles. The van der Waals surface area contributed by atoms with Crippen molar-refractivity contribution in [3.05, 3.63) is 48.3 Å². The van der Waals surface area contributed by atoms with Crippen LogP contribution in [0.25, 0.3) is 0 Å². The largest absolute Gasteiger partial charge is 0.497 e. The van der Waals surface area contributed by atoms with Crippen molar-refractivity contribution in [3.8, 4) is 0 Å². The summed E-state index contributed by atoms with van der Waals surface area (Å²) < 4.78 is 26.0. The Kier molecular flexibility index (Phi) is 4.34. The lowest BCUT2D eigenvalue weighted by Gasteiger charge is -2.32. The average molecular weight is 343 g/mol. The van der Waals surface area contributed by atoms with E-state index in [1.165, 1.54) is 36.8 Å². The summed E-state index contributed by atoms with van der Waals surface area (Å²) in [6, 6.07) is 4.25. The third-order valence-corrected chi connectivity index (χ3v) is 4.56. The summed E-state index contributed by atoms with van der Waals surface area (Å²) in [6.45, 7) is 7.57. The standard InChI is InChI=1S/C17H19BFN3O3/c1-16(2)17(3,4)25-18(24-16)12-9-11(5-6-13(12)19)22-15(23)14-10-20-7-8-21-14/h5-10H,1-4H3,(H,22,23). The van der Waals surface area contributed by atoms with Gasteiger partial charge in [0, 0.05) is 23.5 Å². The zero-order chi connectivity index (χ0) is 18.2. The maximum absolute atomic E-state index is 14.3. The number of nitrogens with one attached hydrogen (secondary N) is 1. The minimum absolute atomic E-state index is 0.170. The molecule has 1 fully saturated rings. The van der Waals surface area contributed by atoms with Gasteiger partial charge in [-0.2, -0.15) is 0 Å². The molecule has 3 rings (SSSR count). The van der Waals surface area contributed by atoms with Crippen molar-refractivity contribution < 1.29 is 18.5 Å². The Morgan fingerprint density at radius 3 is 2.44 bits per heavy atom. The van der Waals surface area contributed by atoms with E-state index in [1.54, 1.807) is 0 Å². The monoisotopic (exact) mass is 343 g/mol. The van der Waals surface area contributed by atoms with Crippen LogP contribution in [-0.4, -0.2) is 34.2 Å². The number of nitrogens with zero attached hydrogens (tertiary/aromatic N) is 2. The van der Waals surface area contributed by atoms with Crippen molar-refractivity contribution in [1.29, 1.82) is 0 Å². The highest BCUT2D eigenvalue weighted by Gasteiger charge is 2.52. The number of hydrogen-bond donors (Lipinski definition) is 1. The predicted octanol–water partition coefficient (Wildman–Crippen LogP) is 2.17. The lowest BCUT2D eigenvalue weighted by molar-refractivity contribution is 0.00578. The first-order valence-electron chi connectivity index (χ1n) is 7.92.